The highest BCUT2D eigenvalue weighted by atomic mass is 79.9. The van der Waals surface area contributed by atoms with E-state index in [4.69, 9.17) is 0 Å². The molecule has 6 heteroatoms. The van der Waals surface area contributed by atoms with Gasteiger partial charge < -0.3 is 10.1 Å². The van der Waals surface area contributed by atoms with Crippen LogP contribution in [-0.4, -0.2) is 24.5 Å². The Hall–Kier alpha value is -1.43. The van der Waals surface area contributed by atoms with E-state index >= 15 is 0 Å². The van der Waals surface area contributed by atoms with Crippen LogP contribution in [-0.2, 0) is 9.53 Å². The Morgan fingerprint density at radius 2 is 2.11 bits per heavy atom. The lowest BCUT2D eigenvalue weighted by Gasteiger charge is -2.26. The molecule has 1 atom stereocenters. The number of rotatable bonds is 4. The molecule has 1 unspecified atom stereocenters. The normalized spacial score (nSPS) is 13.5. The molecule has 1 rings (SSSR count). The Morgan fingerprint density at radius 3 is 2.58 bits per heavy atom. The molecule has 0 fully saturated rings. The lowest BCUT2D eigenvalue weighted by Crippen LogP contribution is -2.52. The maximum absolute atomic E-state index is 13.7. The lowest BCUT2D eigenvalue weighted by atomic mass is 9.98. The molecule has 0 aromatic heterocycles. The molecule has 104 valence electrons. The molecule has 0 saturated heterocycles. The number of hydrogen-bond acceptors (Lipinski definition) is 3. The third kappa shape index (κ3) is 3.53. The highest BCUT2D eigenvalue weighted by molar-refractivity contribution is 9.10. The molecule has 0 aliphatic carbocycles. The molecule has 19 heavy (non-hydrogen) atoms. The van der Waals surface area contributed by atoms with Crippen LogP contribution in [0.1, 0.15) is 30.6 Å². The van der Waals surface area contributed by atoms with Gasteiger partial charge in [-0.25, -0.2) is 9.18 Å². The predicted octanol–water partition coefficient (Wildman–Crippen LogP) is 2.66. The summed E-state index contributed by atoms with van der Waals surface area (Å²) in [6.45, 7) is 3.27. The Bertz CT molecular complexity index is 507. The third-order valence-corrected chi connectivity index (χ3v) is 3.40. The first-order valence-corrected chi connectivity index (χ1v) is 6.49. The second-order valence-electron chi connectivity index (χ2n) is 4.26. The average Bonchev–Trinajstić information content (AvgIpc) is 2.37. The van der Waals surface area contributed by atoms with Gasteiger partial charge in [0.1, 0.15) is 11.4 Å². The number of amides is 1. The van der Waals surface area contributed by atoms with Crippen LogP contribution in [0.2, 0.25) is 0 Å². The van der Waals surface area contributed by atoms with Crippen molar-refractivity contribution in [1.29, 1.82) is 0 Å². The van der Waals surface area contributed by atoms with Crippen LogP contribution in [0.15, 0.2) is 22.7 Å². The van der Waals surface area contributed by atoms with E-state index in [1.165, 1.54) is 26.2 Å². The van der Waals surface area contributed by atoms with E-state index in [1.807, 2.05) is 0 Å². The minimum absolute atomic E-state index is 0.119. The molecule has 1 amide bonds. The monoisotopic (exact) mass is 331 g/mol. The van der Waals surface area contributed by atoms with Crippen molar-refractivity contribution in [2.45, 2.75) is 25.8 Å². The Labute approximate surface area is 119 Å². The van der Waals surface area contributed by atoms with Gasteiger partial charge in [0.2, 0.25) is 0 Å². The maximum atomic E-state index is 13.7. The zero-order valence-corrected chi connectivity index (χ0v) is 12.5. The highest BCUT2D eigenvalue weighted by Gasteiger charge is 2.34. The van der Waals surface area contributed by atoms with Gasteiger partial charge in [0.05, 0.1) is 12.7 Å². The zero-order chi connectivity index (χ0) is 14.6. The van der Waals surface area contributed by atoms with Gasteiger partial charge in [0.15, 0.2) is 0 Å². The van der Waals surface area contributed by atoms with E-state index in [2.05, 4.69) is 26.0 Å². The fourth-order valence-corrected chi connectivity index (χ4v) is 1.83. The van der Waals surface area contributed by atoms with E-state index in [1.54, 1.807) is 13.0 Å². The second kappa shape index (κ2) is 6.14. The molecule has 0 radical (unpaired) electrons. The van der Waals surface area contributed by atoms with E-state index in [9.17, 15) is 14.0 Å². The van der Waals surface area contributed by atoms with E-state index in [0.717, 1.165) is 0 Å². The number of ether oxygens (including phenoxy) is 1. The molecule has 0 aliphatic heterocycles. The van der Waals surface area contributed by atoms with E-state index in [-0.39, 0.29) is 5.56 Å². The largest absolute Gasteiger partial charge is 0.467 e. The fourth-order valence-electron chi connectivity index (χ4n) is 1.50. The van der Waals surface area contributed by atoms with Gasteiger partial charge in [-0.3, -0.25) is 4.79 Å². The summed E-state index contributed by atoms with van der Waals surface area (Å²) in [6.07, 6.45) is 0.337. The van der Waals surface area contributed by atoms with Crippen molar-refractivity contribution in [2.24, 2.45) is 0 Å². The molecular weight excluding hydrogens is 317 g/mol. The number of methoxy groups -OCH3 is 1. The van der Waals surface area contributed by atoms with Crippen LogP contribution in [0.3, 0.4) is 0 Å². The molecule has 4 nitrogen and oxygen atoms in total. The summed E-state index contributed by atoms with van der Waals surface area (Å²) in [4.78, 5) is 23.6. The van der Waals surface area contributed by atoms with Crippen molar-refractivity contribution in [3.8, 4) is 0 Å². The van der Waals surface area contributed by atoms with Crippen LogP contribution in [0.4, 0.5) is 4.39 Å². The Balaban J connectivity index is 2.98. The van der Waals surface area contributed by atoms with Gasteiger partial charge >= 0.3 is 5.97 Å². The van der Waals surface area contributed by atoms with Crippen molar-refractivity contribution in [3.63, 3.8) is 0 Å². The van der Waals surface area contributed by atoms with Crippen LogP contribution < -0.4 is 5.32 Å². The van der Waals surface area contributed by atoms with Gasteiger partial charge in [-0.15, -0.1) is 0 Å². The summed E-state index contributed by atoms with van der Waals surface area (Å²) in [5.41, 5.74) is -1.29. The minimum Gasteiger partial charge on any atom is -0.467 e. The summed E-state index contributed by atoms with van der Waals surface area (Å²) in [5.74, 6) is -1.88. The second-order valence-corrected chi connectivity index (χ2v) is 5.17. The quantitative estimate of drug-likeness (QED) is 0.863. The summed E-state index contributed by atoms with van der Waals surface area (Å²) in [6, 6.07) is 4.10. The number of hydrogen-bond donors (Lipinski definition) is 1. The molecule has 0 saturated carbocycles. The number of esters is 1. The summed E-state index contributed by atoms with van der Waals surface area (Å²) < 4.78 is 18.8. The number of carbonyl (C=O) groups is 2. The summed E-state index contributed by atoms with van der Waals surface area (Å²) >= 11 is 3.11. The fraction of sp³-hybridized carbons (Fsp3) is 0.385. The standard InChI is InChI=1S/C13H15BrFNO3/c1-4-13(2,12(18)19-3)16-11(17)9-6-5-8(14)7-10(9)15/h5-7H,4H2,1-3H3,(H,16,17). The molecule has 0 heterocycles. The first-order valence-electron chi connectivity index (χ1n) is 5.70. The van der Waals surface area contributed by atoms with Crippen molar-refractivity contribution in [1.82, 2.24) is 5.32 Å². The van der Waals surface area contributed by atoms with Gasteiger partial charge in [0.25, 0.3) is 5.91 Å². The van der Waals surface area contributed by atoms with Crippen molar-refractivity contribution < 1.29 is 18.7 Å². The molecule has 1 aromatic carbocycles. The zero-order valence-electron chi connectivity index (χ0n) is 10.9. The van der Waals surface area contributed by atoms with Crippen LogP contribution in [0.5, 0.6) is 0 Å². The predicted molar refractivity (Wildman–Crippen MR) is 72.3 cm³/mol. The third-order valence-electron chi connectivity index (χ3n) is 2.91. The summed E-state index contributed by atoms with van der Waals surface area (Å²) in [5, 5.41) is 2.50. The molecule has 1 aromatic rings. The molecule has 0 spiro atoms. The van der Waals surface area contributed by atoms with E-state index in [0.29, 0.717) is 10.9 Å². The maximum Gasteiger partial charge on any atom is 0.331 e. The van der Waals surface area contributed by atoms with Gasteiger partial charge in [0, 0.05) is 4.47 Å². The van der Waals surface area contributed by atoms with Gasteiger partial charge in [-0.1, -0.05) is 22.9 Å². The first-order chi connectivity index (χ1) is 8.84. The first kappa shape index (κ1) is 15.6. The lowest BCUT2D eigenvalue weighted by molar-refractivity contribution is -0.147. The number of carbonyl (C=O) groups excluding carboxylic acids is 2. The Kier molecular flexibility index (Phi) is 5.05. The smallest absolute Gasteiger partial charge is 0.331 e. The van der Waals surface area contributed by atoms with Crippen molar-refractivity contribution in [3.05, 3.63) is 34.1 Å². The van der Waals surface area contributed by atoms with Crippen molar-refractivity contribution >= 4 is 27.8 Å². The van der Waals surface area contributed by atoms with Crippen LogP contribution >= 0.6 is 15.9 Å². The SMILES string of the molecule is CCC(C)(NC(=O)c1ccc(Br)cc1F)C(=O)OC. The average molecular weight is 332 g/mol. The van der Waals surface area contributed by atoms with Gasteiger partial charge in [-0.05, 0) is 31.5 Å². The molecule has 0 aliphatic rings. The number of nitrogens with one attached hydrogen (secondary N) is 1. The van der Waals surface area contributed by atoms with Crippen LogP contribution in [0, 0.1) is 5.82 Å². The molecule has 0 bridgehead atoms. The molecular formula is C13H15BrFNO3. The van der Waals surface area contributed by atoms with Crippen LogP contribution in [0.25, 0.3) is 0 Å². The highest BCUT2D eigenvalue weighted by Crippen LogP contribution is 2.17. The Morgan fingerprint density at radius 1 is 1.47 bits per heavy atom. The summed E-state index contributed by atoms with van der Waals surface area (Å²) in [7, 11) is 1.24. The topological polar surface area (TPSA) is 55.4 Å². The molecule has 1 N–H and O–H groups in total. The number of benzene rings is 1. The van der Waals surface area contributed by atoms with E-state index < -0.39 is 23.2 Å². The van der Waals surface area contributed by atoms with Gasteiger partial charge in [-0.2, -0.15) is 0 Å². The minimum atomic E-state index is -1.18. The van der Waals surface area contributed by atoms with Crippen molar-refractivity contribution in [2.75, 3.05) is 7.11 Å². The number of halogens is 2.